The number of carbonyl (C=O) groups excluding carboxylic acids is 2. The third kappa shape index (κ3) is 7.85. The molecule has 1 aromatic rings. The molecule has 10 heteroatoms. The third-order valence-electron chi connectivity index (χ3n) is 4.24. The van der Waals surface area contributed by atoms with Gasteiger partial charge in [0, 0.05) is 5.69 Å². The zero-order valence-electron chi connectivity index (χ0n) is 15.2. The van der Waals surface area contributed by atoms with Crippen molar-refractivity contribution in [3.63, 3.8) is 0 Å². The maximum absolute atomic E-state index is 12.1. The van der Waals surface area contributed by atoms with Crippen molar-refractivity contribution in [1.29, 1.82) is 0 Å². The van der Waals surface area contributed by atoms with Gasteiger partial charge in [-0.2, -0.15) is 0 Å². The molecule has 0 spiro atoms. The molecule has 1 aliphatic heterocycles. The van der Waals surface area contributed by atoms with Crippen molar-refractivity contribution in [2.45, 2.75) is 6.36 Å². The molecule has 4 N–H and O–H groups in total. The molecule has 0 atom stereocenters. The molecule has 2 amide bonds. The highest BCUT2D eigenvalue weighted by molar-refractivity contribution is 5.91. The highest BCUT2D eigenvalue weighted by atomic mass is 19.4. The van der Waals surface area contributed by atoms with Gasteiger partial charge in [-0.25, -0.2) is 0 Å². The number of carbonyl (C=O) groups is 2. The number of benzene rings is 1. The first-order chi connectivity index (χ1) is 13.2. The van der Waals surface area contributed by atoms with Gasteiger partial charge in [0.05, 0.1) is 6.54 Å². The summed E-state index contributed by atoms with van der Waals surface area (Å²) in [4.78, 5) is 26.0. The van der Waals surface area contributed by atoms with E-state index in [1.165, 1.54) is 12.1 Å². The molecule has 1 aromatic carbocycles. The van der Waals surface area contributed by atoms with Crippen LogP contribution in [0.2, 0.25) is 0 Å². The van der Waals surface area contributed by atoms with Crippen LogP contribution < -0.4 is 25.2 Å². The lowest BCUT2D eigenvalue weighted by Crippen LogP contribution is -3.28. The quantitative estimate of drug-likeness (QED) is 0.402. The van der Waals surface area contributed by atoms with Gasteiger partial charge >= 0.3 is 6.36 Å². The van der Waals surface area contributed by atoms with Gasteiger partial charge in [0.25, 0.3) is 11.8 Å². The highest BCUT2D eigenvalue weighted by Crippen LogP contribution is 2.23. The van der Waals surface area contributed by atoms with E-state index in [1.807, 2.05) is 0 Å². The van der Waals surface area contributed by atoms with E-state index in [0.717, 1.165) is 48.1 Å². The molecule has 2 rings (SSSR count). The second-order valence-corrected chi connectivity index (χ2v) is 6.45. The monoisotopic (exact) mass is 400 g/mol. The van der Waals surface area contributed by atoms with Gasteiger partial charge in [-0.15, -0.1) is 19.6 Å². The summed E-state index contributed by atoms with van der Waals surface area (Å²) >= 11 is 0. The number of terminal acetylenes is 1. The maximum atomic E-state index is 12.1. The van der Waals surface area contributed by atoms with E-state index in [0.29, 0.717) is 12.2 Å². The summed E-state index contributed by atoms with van der Waals surface area (Å²) in [5.74, 6) is 1.69. The second-order valence-electron chi connectivity index (χ2n) is 6.45. The van der Waals surface area contributed by atoms with Crippen LogP contribution in [0.25, 0.3) is 0 Å². The molecular formula is C18H23F3N4O3+2. The van der Waals surface area contributed by atoms with Crippen molar-refractivity contribution in [3.8, 4) is 18.1 Å². The lowest BCUT2D eigenvalue weighted by Gasteiger charge is -2.28. The molecular weight excluding hydrogens is 377 g/mol. The molecule has 28 heavy (non-hydrogen) atoms. The number of nitrogens with one attached hydrogen (secondary N) is 4. The highest BCUT2D eigenvalue weighted by Gasteiger charge is 2.31. The van der Waals surface area contributed by atoms with Gasteiger partial charge in [0.15, 0.2) is 13.1 Å². The molecule has 0 bridgehead atoms. The molecule has 1 saturated heterocycles. The van der Waals surface area contributed by atoms with Gasteiger partial charge in [-0.3, -0.25) is 9.59 Å². The fraction of sp³-hybridized carbons (Fsp3) is 0.444. The van der Waals surface area contributed by atoms with Gasteiger partial charge < -0.3 is 25.2 Å². The Hall–Kier alpha value is -2.77. The Bertz CT molecular complexity index is 708. The zero-order chi connectivity index (χ0) is 20.6. The smallest absolute Gasteiger partial charge is 0.406 e. The van der Waals surface area contributed by atoms with Crippen molar-refractivity contribution >= 4 is 17.5 Å². The first-order valence-electron chi connectivity index (χ1n) is 8.78. The van der Waals surface area contributed by atoms with E-state index < -0.39 is 6.36 Å². The number of hydrogen-bond acceptors (Lipinski definition) is 3. The minimum Gasteiger partial charge on any atom is -0.406 e. The average molecular weight is 400 g/mol. The van der Waals surface area contributed by atoms with Crippen LogP contribution in [0, 0.1) is 12.3 Å². The lowest BCUT2D eigenvalue weighted by atomic mass is 10.3. The van der Waals surface area contributed by atoms with Crippen molar-refractivity contribution in [2.24, 2.45) is 0 Å². The van der Waals surface area contributed by atoms with E-state index in [2.05, 4.69) is 21.3 Å². The summed E-state index contributed by atoms with van der Waals surface area (Å²) in [6.45, 7) is 3.82. The SMILES string of the molecule is C#CCNC(=O)C[NH+]1CC[NH+](CC(=O)Nc2ccc(OC(F)(F)F)cc2)CC1. The van der Waals surface area contributed by atoms with Crippen LogP contribution in [0.1, 0.15) is 0 Å². The zero-order valence-corrected chi connectivity index (χ0v) is 15.2. The molecule has 7 nitrogen and oxygen atoms in total. The summed E-state index contributed by atoms with van der Waals surface area (Å²) in [7, 11) is 0. The third-order valence-corrected chi connectivity index (χ3v) is 4.24. The fourth-order valence-electron chi connectivity index (χ4n) is 2.92. The van der Waals surface area contributed by atoms with E-state index in [1.54, 1.807) is 0 Å². The molecule has 0 radical (unpaired) electrons. The Labute approximate surface area is 160 Å². The Morgan fingerprint density at radius 3 is 2.07 bits per heavy atom. The predicted octanol–water partition coefficient (Wildman–Crippen LogP) is -1.94. The molecule has 0 aliphatic carbocycles. The molecule has 0 aromatic heterocycles. The van der Waals surface area contributed by atoms with Crippen molar-refractivity contribution in [2.75, 3.05) is 51.1 Å². The van der Waals surface area contributed by atoms with Crippen LogP contribution in [-0.2, 0) is 9.59 Å². The van der Waals surface area contributed by atoms with Gasteiger partial charge in [0.1, 0.15) is 31.9 Å². The molecule has 152 valence electrons. The van der Waals surface area contributed by atoms with E-state index >= 15 is 0 Å². The lowest BCUT2D eigenvalue weighted by molar-refractivity contribution is -1.00. The van der Waals surface area contributed by atoms with Crippen LogP contribution in [-0.4, -0.2) is 64.0 Å². The summed E-state index contributed by atoms with van der Waals surface area (Å²) in [5.41, 5.74) is 0.397. The topological polar surface area (TPSA) is 76.3 Å². The number of quaternary nitrogens is 2. The summed E-state index contributed by atoms with van der Waals surface area (Å²) < 4.78 is 40.2. The standard InChI is InChI=1S/C18H21F3N4O3/c1-2-7-22-16(26)12-24-8-10-25(11-9-24)13-17(27)23-14-3-5-15(6-4-14)28-18(19,20)21/h1,3-6H,7-13H2,(H,22,26)(H,23,27)/p+2. The first-order valence-corrected chi connectivity index (χ1v) is 8.78. The average Bonchev–Trinajstić information content (AvgIpc) is 2.62. The summed E-state index contributed by atoms with van der Waals surface area (Å²) in [6, 6.07) is 4.99. The fourth-order valence-corrected chi connectivity index (χ4v) is 2.92. The van der Waals surface area contributed by atoms with Gasteiger partial charge in [-0.1, -0.05) is 5.92 Å². The Kier molecular flexibility index (Phi) is 7.66. The van der Waals surface area contributed by atoms with Crippen LogP contribution in [0.15, 0.2) is 24.3 Å². The largest absolute Gasteiger partial charge is 0.573 e. The summed E-state index contributed by atoms with van der Waals surface area (Å²) in [5, 5.41) is 5.29. The Morgan fingerprint density at radius 1 is 1.04 bits per heavy atom. The number of anilines is 1. The Morgan fingerprint density at radius 2 is 1.57 bits per heavy atom. The van der Waals surface area contributed by atoms with Crippen molar-refractivity contribution < 1.29 is 37.3 Å². The number of halogens is 3. The number of alkyl halides is 3. The maximum Gasteiger partial charge on any atom is 0.573 e. The van der Waals surface area contributed by atoms with Gasteiger partial charge in [0.2, 0.25) is 0 Å². The van der Waals surface area contributed by atoms with Crippen LogP contribution >= 0.6 is 0 Å². The number of hydrogen-bond donors (Lipinski definition) is 4. The first kappa shape index (κ1) is 21.5. The number of ether oxygens (including phenoxy) is 1. The minimum atomic E-state index is -4.75. The molecule has 0 unspecified atom stereocenters. The van der Waals surface area contributed by atoms with Gasteiger partial charge in [-0.05, 0) is 24.3 Å². The predicted molar refractivity (Wildman–Crippen MR) is 94.7 cm³/mol. The van der Waals surface area contributed by atoms with E-state index in [4.69, 9.17) is 6.42 Å². The molecule has 1 aliphatic rings. The number of piperazine rings is 1. The normalized spacial score (nSPS) is 19.4. The molecule has 1 heterocycles. The second kappa shape index (κ2) is 9.96. The number of rotatable bonds is 7. The van der Waals surface area contributed by atoms with Crippen LogP contribution in [0.5, 0.6) is 5.75 Å². The summed E-state index contributed by atoms with van der Waals surface area (Å²) in [6.07, 6.45) is 0.348. The minimum absolute atomic E-state index is 0.0907. The molecule has 0 saturated carbocycles. The molecule has 1 fully saturated rings. The van der Waals surface area contributed by atoms with Crippen molar-refractivity contribution in [3.05, 3.63) is 24.3 Å². The van der Waals surface area contributed by atoms with Crippen LogP contribution in [0.3, 0.4) is 0 Å². The van der Waals surface area contributed by atoms with Crippen LogP contribution in [0.4, 0.5) is 18.9 Å². The van der Waals surface area contributed by atoms with E-state index in [-0.39, 0.29) is 30.7 Å². The number of amides is 2. The Balaban J connectivity index is 1.71. The van der Waals surface area contributed by atoms with Crippen molar-refractivity contribution in [1.82, 2.24) is 5.32 Å². The van der Waals surface area contributed by atoms with E-state index in [9.17, 15) is 22.8 Å².